The third-order valence-corrected chi connectivity index (χ3v) is 2.88. The first kappa shape index (κ1) is 10.2. The summed E-state index contributed by atoms with van der Waals surface area (Å²) >= 11 is 0. The molecule has 1 aromatic carbocycles. The molecule has 1 aromatic heterocycles. The predicted molar refractivity (Wildman–Crippen MR) is 62.1 cm³/mol. The molecule has 0 radical (unpaired) electrons. The molecule has 1 aliphatic rings. The van der Waals surface area contributed by atoms with Crippen LogP contribution in [0, 0.1) is 0 Å². The number of H-pyrrole nitrogens is 1. The van der Waals surface area contributed by atoms with E-state index in [2.05, 4.69) is 9.97 Å². The Labute approximate surface area is 98.6 Å². The zero-order chi connectivity index (χ0) is 11.7. The second-order valence-electron chi connectivity index (χ2n) is 3.88. The van der Waals surface area contributed by atoms with Gasteiger partial charge in [0.05, 0.1) is 5.92 Å². The molecule has 0 spiro atoms. The van der Waals surface area contributed by atoms with Crippen LogP contribution in [0.25, 0.3) is 0 Å². The van der Waals surface area contributed by atoms with Gasteiger partial charge in [-0.2, -0.15) is 0 Å². The maximum atomic E-state index is 5.81. The highest BCUT2D eigenvalue weighted by atomic mass is 16.7. The maximum Gasteiger partial charge on any atom is 0.231 e. The fourth-order valence-electron chi connectivity index (χ4n) is 2.00. The highest BCUT2D eigenvalue weighted by molar-refractivity contribution is 5.46. The molecular formula is C12H13N3O2. The van der Waals surface area contributed by atoms with Gasteiger partial charge in [0, 0.05) is 18.9 Å². The van der Waals surface area contributed by atoms with Gasteiger partial charge in [-0.05, 0) is 17.7 Å². The van der Waals surface area contributed by atoms with Crippen molar-refractivity contribution in [1.82, 2.24) is 9.97 Å². The molecule has 0 fully saturated rings. The molecule has 3 rings (SSSR count). The van der Waals surface area contributed by atoms with E-state index in [0.717, 1.165) is 22.9 Å². The third-order valence-electron chi connectivity index (χ3n) is 2.88. The van der Waals surface area contributed by atoms with Crippen LogP contribution in [0.15, 0.2) is 30.6 Å². The van der Waals surface area contributed by atoms with Crippen molar-refractivity contribution < 1.29 is 9.47 Å². The molecule has 2 aromatic rings. The van der Waals surface area contributed by atoms with Crippen molar-refractivity contribution in [2.75, 3.05) is 13.3 Å². The van der Waals surface area contributed by atoms with Gasteiger partial charge in [0.25, 0.3) is 0 Å². The summed E-state index contributed by atoms with van der Waals surface area (Å²) in [5.74, 6) is 2.47. The number of fused-ring (bicyclic) bond motifs is 1. The van der Waals surface area contributed by atoms with E-state index >= 15 is 0 Å². The number of rotatable bonds is 3. The zero-order valence-electron chi connectivity index (χ0n) is 9.22. The number of hydrogen-bond acceptors (Lipinski definition) is 4. The molecule has 1 unspecified atom stereocenters. The SMILES string of the molecule is NCC(c1ccc2c(c1)OCO2)c1ncc[nH]1. The molecule has 0 saturated carbocycles. The number of ether oxygens (including phenoxy) is 2. The number of nitrogens with zero attached hydrogens (tertiary/aromatic N) is 1. The summed E-state index contributed by atoms with van der Waals surface area (Å²) in [6.07, 6.45) is 3.52. The van der Waals surface area contributed by atoms with Crippen LogP contribution in [0.1, 0.15) is 17.3 Å². The van der Waals surface area contributed by atoms with E-state index < -0.39 is 0 Å². The second-order valence-corrected chi connectivity index (χ2v) is 3.88. The molecule has 0 amide bonds. The third kappa shape index (κ3) is 1.74. The predicted octanol–water partition coefficient (Wildman–Crippen LogP) is 1.23. The fraction of sp³-hybridized carbons (Fsp3) is 0.250. The van der Waals surface area contributed by atoms with Gasteiger partial charge < -0.3 is 20.2 Å². The minimum Gasteiger partial charge on any atom is -0.454 e. The van der Waals surface area contributed by atoms with Gasteiger partial charge in [-0.1, -0.05) is 6.07 Å². The van der Waals surface area contributed by atoms with E-state index in [9.17, 15) is 0 Å². The molecule has 2 heterocycles. The summed E-state index contributed by atoms with van der Waals surface area (Å²) < 4.78 is 10.6. The Morgan fingerprint density at radius 3 is 3.00 bits per heavy atom. The summed E-state index contributed by atoms with van der Waals surface area (Å²) in [6.45, 7) is 0.778. The highest BCUT2D eigenvalue weighted by Crippen LogP contribution is 2.35. The first-order valence-electron chi connectivity index (χ1n) is 5.47. The minimum absolute atomic E-state index is 0.0551. The lowest BCUT2D eigenvalue weighted by Gasteiger charge is -2.13. The Kier molecular flexibility index (Phi) is 2.45. The van der Waals surface area contributed by atoms with Crippen LogP contribution in [0.5, 0.6) is 11.5 Å². The molecule has 5 nitrogen and oxygen atoms in total. The monoisotopic (exact) mass is 231 g/mol. The van der Waals surface area contributed by atoms with Crippen LogP contribution < -0.4 is 15.2 Å². The molecule has 1 aliphatic heterocycles. The van der Waals surface area contributed by atoms with Gasteiger partial charge >= 0.3 is 0 Å². The lowest BCUT2D eigenvalue weighted by molar-refractivity contribution is 0.174. The number of imidazole rings is 1. The van der Waals surface area contributed by atoms with E-state index in [0.29, 0.717) is 6.54 Å². The highest BCUT2D eigenvalue weighted by Gasteiger charge is 2.19. The number of aromatic amines is 1. The standard InChI is InChI=1S/C12H13N3O2/c13-6-9(12-14-3-4-15-12)8-1-2-10-11(5-8)17-7-16-10/h1-5,9H,6-7,13H2,(H,14,15). The molecule has 0 aliphatic carbocycles. The number of benzene rings is 1. The van der Waals surface area contributed by atoms with Crippen molar-refractivity contribution >= 4 is 0 Å². The molecule has 0 saturated heterocycles. The Balaban J connectivity index is 1.97. The second kappa shape index (κ2) is 4.10. The number of nitrogens with one attached hydrogen (secondary N) is 1. The Morgan fingerprint density at radius 2 is 2.24 bits per heavy atom. The van der Waals surface area contributed by atoms with E-state index in [4.69, 9.17) is 15.2 Å². The average Bonchev–Trinajstić information content (AvgIpc) is 2.99. The summed E-state index contributed by atoms with van der Waals surface area (Å²) in [4.78, 5) is 7.34. The minimum atomic E-state index is 0.0551. The Hall–Kier alpha value is -2.01. The van der Waals surface area contributed by atoms with Crippen LogP contribution in [-0.2, 0) is 0 Å². The Morgan fingerprint density at radius 1 is 1.35 bits per heavy atom. The van der Waals surface area contributed by atoms with Gasteiger partial charge in [-0.25, -0.2) is 4.98 Å². The number of hydrogen-bond donors (Lipinski definition) is 2. The van der Waals surface area contributed by atoms with Crippen LogP contribution >= 0.6 is 0 Å². The quantitative estimate of drug-likeness (QED) is 0.833. The molecule has 1 atom stereocenters. The van der Waals surface area contributed by atoms with Crippen LogP contribution in [-0.4, -0.2) is 23.3 Å². The molecule has 88 valence electrons. The van der Waals surface area contributed by atoms with Crippen LogP contribution in [0.3, 0.4) is 0 Å². The van der Waals surface area contributed by atoms with Crippen molar-refractivity contribution in [2.45, 2.75) is 5.92 Å². The van der Waals surface area contributed by atoms with Crippen molar-refractivity contribution in [3.8, 4) is 11.5 Å². The van der Waals surface area contributed by atoms with Crippen molar-refractivity contribution in [3.63, 3.8) is 0 Å². The molecule has 0 bridgehead atoms. The van der Waals surface area contributed by atoms with E-state index in [1.807, 2.05) is 18.2 Å². The van der Waals surface area contributed by atoms with Crippen molar-refractivity contribution in [2.24, 2.45) is 5.73 Å². The molecule has 3 N–H and O–H groups in total. The fourth-order valence-corrected chi connectivity index (χ4v) is 2.00. The first-order valence-corrected chi connectivity index (χ1v) is 5.47. The molecule has 5 heteroatoms. The summed E-state index contributed by atoms with van der Waals surface area (Å²) in [6, 6.07) is 5.86. The van der Waals surface area contributed by atoms with E-state index in [-0.39, 0.29) is 12.7 Å². The summed E-state index contributed by atoms with van der Waals surface area (Å²) in [5.41, 5.74) is 6.88. The largest absolute Gasteiger partial charge is 0.454 e. The lowest BCUT2D eigenvalue weighted by atomic mass is 9.98. The first-order chi connectivity index (χ1) is 8.38. The van der Waals surface area contributed by atoms with Crippen molar-refractivity contribution in [1.29, 1.82) is 0 Å². The van der Waals surface area contributed by atoms with Gasteiger partial charge in [-0.3, -0.25) is 0 Å². The van der Waals surface area contributed by atoms with Crippen LogP contribution in [0.2, 0.25) is 0 Å². The number of nitrogens with two attached hydrogens (primary N) is 1. The normalized spacial score (nSPS) is 14.9. The maximum absolute atomic E-state index is 5.81. The van der Waals surface area contributed by atoms with Gasteiger partial charge in [0.2, 0.25) is 6.79 Å². The zero-order valence-corrected chi connectivity index (χ0v) is 9.22. The Bertz CT molecular complexity index is 510. The summed E-state index contributed by atoms with van der Waals surface area (Å²) in [5, 5.41) is 0. The van der Waals surface area contributed by atoms with E-state index in [1.165, 1.54) is 0 Å². The van der Waals surface area contributed by atoms with Gasteiger partial charge in [0.15, 0.2) is 11.5 Å². The van der Waals surface area contributed by atoms with Crippen LogP contribution in [0.4, 0.5) is 0 Å². The van der Waals surface area contributed by atoms with Gasteiger partial charge in [-0.15, -0.1) is 0 Å². The smallest absolute Gasteiger partial charge is 0.231 e. The average molecular weight is 231 g/mol. The van der Waals surface area contributed by atoms with Crippen molar-refractivity contribution in [3.05, 3.63) is 42.0 Å². The van der Waals surface area contributed by atoms with Gasteiger partial charge in [0.1, 0.15) is 5.82 Å². The van der Waals surface area contributed by atoms with E-state index in [1.54, 1.807) is 12.4 Å². The number of aromatic nitrogens is 2. The summed E-state index contributed by atoms with van der Waals surface area (Å²) in [7, 11) is 0. The lowest BCUT2D eigenvalue weighted by Crippen LogP contribution is -2.15. The molecule has 17 heavy (non-hydrogen) atoms. The topological polar surface area (TPSA) is 73.2 Å². The molecular weight excluding hydrogens is 218 g/mol.